The van der Waals surface area contributed by atoms with E-state index < -0.39 is 0 Å². The van der Waals surface area contributed by atoms with Gasteiger partial charge in [-0.1, -0.05) is 6.42 Å². The Morgan fingerprint density at radius 3 is 2.27 bits per heavy atom. The van der Waals surface area contributed by atoms with Gasteiger partial charge in [-0.05, 0) is 24.7 Å². The topological polar surface area (TPSA) is 53.1 Å². The fraction of sp³-hybridized carbons (Fsp3) is 0.875. The summed E-state index contributed by atoms with van der Waals surface area (Å²) in [7, 11) is 0. The van der Waals surface area contributed by atoms with Crippen LogP contribution in [0.1, 0.15) is 19.3 Å². The van der Waals surface area contributed by atoms with Crippen molar-refractivity contribution in [3.63, 3.8) is 0 Å². The first-order chi connectivity index (χ1) is 5.27. The minimum Gasteiger partial charge on any atom is -0.370 e. The third kappa shape index (κ3) is 1.08. The lowest BCUT2D eigenvalue weighted by atomic mass is 10.0. The van der Waals surface area contributed by atoms with E-state index in [1.807, 2.05) is 4.90 Å². The standard InChI is InChI=1S/C8H15N3/c9-8(10)11-4-6-2-1-3-7(6)5-11/h6-7H,1-5H2,(H3,9,10). The van der Waals surface area contributed by atoms with Crippen molar-refractivity contribution in [2.24, 2.45) is 17.6 Å². The summed E-state index contributed by atoms with van der Waals surface area (Å²) in [6.07, 6.45) is 4.10. The molecule has 0 radical (unpaired) electrons. The summed E-state index contributed by atoms with van der Waals surface area (Å²) in [6, 6.07) is 0. The molecule has 2 rings (SSSR count). The molecule has 3 N–H and O–H groups in total. The van der Waals surface area contributed by atoms with E-state index in [-0.39, 0.29) is 5.96 Å². The summed E-state index contributed by atoms with van der Waals surface area (Å²) in [5.74, 6) is 1.96. The molecule has 3 nitrogen and oxygen atoms in total. The lowest BCUT2D eigenvalue weighted by Crippen LogP contribution is -2.34. The van der Waals surface area contributed by atoms with Gasteiger partial charge >= 0.3 is 0 Å². The molecule has 62 valence electrons. The van der Waals surface area contributed by atoms with Gasteiger partial charge in [0.25, 0.3) is 0 Å². The predicted octanol–water partition coefficient (Wildman–Crippen LogP) is 0.612. The maximum atomic E-state index is 7.27. The number of fused-ring (bicyclic) bond motifs is 1. The van der Waals surface area contributed by atoms with Gasteiger partial charge in [0.2, 0.25) is 0 Å². The summed E-state index contributed by atoms with van der Waals surface area (Å²) < 4.78 is 0. The van der Waals surface area contributed by atoms with E-state index in [1.165, 1.54) is 19.3 Å². The Hall–Kier alpha value is -0.730. The fourth-order valence-electron chi connectivity index (χ4n) is 2.43. The molecule has 0 bridgehead atoms. The monoisotopic (exact) mass is 153 g/mol. The van der Waals surface area contributed by atoms with Crippen LogP contribution in [0.2, 0.25) is 0 Å². The van der Waals surface area contributed by atoms with Crippen LogP contribution in [0.3, 0.4) is 0 Å². The Bertz CT molecular complexity index is 166. The van der Waals surface area contributed by atoms with E-state index in [4.69, 9.17) is 11.1 Å². The van der Waals surface area contributed by atoms with Gasteiger partial charge in [0, 0.05) is 13.1 Å². The molecule has 3 heteroatoms. The predicted molar refractivity (Wildman–Crippen MR) is 44.3 cm³/mol. The number of nitrogens with one attached hydrogen (secondary N) is 1. The lowest BCUT2D eigenvalue weighted by molar-refractivity contribution is 0.457. The van der Waals surface area contributed by atoms with E-state index in [1.54, 1.807) is 0 Å². The molecule has 0 aromatic heterocycles. The third-order valence-corrected chi connectivity index (χ3v) is 3.07. The average molecular weight is 153 g/mol. The summed E-state index contributed by atoms with van der Waals surface area (Å²) in [6.45, 7) is 2.08. The van der Waals surface area contributed by atoms with Crippen LogP contribution >= 0.6 is 0 Å². The van der Waals surface area contributed by atoms with E-state index in [0.29, 0.717) is 0 Å². The highest BCUT2D eigenvalue weighted by Gasteiger charge is 2.36. The highest BCUT2D eigenvalue weighted by molar-refractivity contribution is 5.74. The number of hydrogen-bond acceptors (Lipinski definition) is 1. The van der Waals surface area contributed by atoms with Crippen LogP contribution in [0.15, 0.2) is 0 Å². The summed E-state index contributed by atoms with van der Waals surface area (Å²) >= 11 is 0. The van der Waals surface area contributed by atoms with Crippen molar-refractivity contribution in [1.29, 1.82) is 5.41 Å². The Morgan fingerprint density at radius 2 is 1.82 bits per heavy atom. The van der Waals surface area contributed by atoms with Crippen molar-refractivity contribution < 1.29 is 0 Å². The highest BCUT2D eigenvalue weighted by atomic mass is 15.2. The Kier molecular flexibility index (Phi) is 1.51. The summed E-state index contributed by atoms with van der Waals surface area (Å²) in [5, 5.41) is 7.27. The maximum Gasteiger partial charge on any atom is 0.188 e. The van der Waals surface area contributed by atoms with Gasteiger partial charge < -0.3 is 10.6 Å². The van der Waals surface area contributed by atoms with Crippen molar-refractivity contribution in [2.75, 3.05) is 13.1 Å². The molecule has 0 spiro atoms. The van der Waals surface area contributed by atoms with Crippen molar-refractivity contribution in [3.05, 3.63) is 0 Å². The van der Waals surface area contributed by atoms with Gasteiger partial charge in [0.15, 0.2) is 5.96 Å². The normalized spacial score (nSPS) is 35.8. The van der Waals surface area contributed by atoms with Crippen LogP contribution in [0, 0.1) is 17.2 Å². The van der Waals surface area contributed by atoms with Crippen molar-refractivity contribution in [3.8, 4) is 0 Å². The summed E-state index contributed by atoms with van der Waals surface area (Å²) in [5.41, 5.74) is 5.41. The molecule has 2 atom stereocenters. The third-order valence-electron chi connectivity index (χ3n) is 3.07. The molecule has 0 aromatic rings. The van der Waals surface area contributed by atoms with Crippen LogP contribution in [-0.4, -0.2) is 23.9 Å². The number of guanidine groups is 1. The maximum absolute atomic E-state index is 7.27. The molecule has 1 saturated carbocycles. The molecule has 1 heterocycles. The van der Waals surface area contributed by atoms with E-state index in [0.717, 1.165) is 24.9 Å². The molecule has 1 aliphatic carbocycles. The van der Waals surface area contributed by atoms with Crippen LogP contribution < -0.4 is 5.73 Å². The second kappa shape index (κ2) is 2.40. The number of nitrogens with two attached hydrogens (primary N) is 1. The molecular weight excluding hydrogens is 138 g/mol. The second-order valence-electron chi connectivity index (χ2n) is 3.74. The zero-order valence-corrected chi connectivity index (χ0v) is 6.71. The molecule has 1 saturated heterocycles. The van der Waals surface area contributed by atoms with Crippen LogP contribution in [0.4, 0.5) is 0 Å². The Balaban J connectivity index is 1.99. The smallest absolute Gasteiger partial charge is 0.188 e. The number of likely N-dealkylation sites (tertiary alicyclic amines) is 1. The van der Waals surface area contributed by atoms with Gasteiger partial charge in [-0.25, -0.2) is 0 Å². The van der Waals surface area contributed by atoms with Gasteiger partial charge in [-0.15, -0.1) is 0 Å². The molecule has 0 aromatic carbocycles. The van der Waals surface area contributed by atoms with Gasteiger partial charge in [0.05, 0.1) is 0 Å². The minimum absolute atomic E-state index is 0.263. The van der Waals surface area contributed by atoms with E-state index in [9.17, 15) is 0 Å². The SMILES string of the molecule is N=C(N)N1CC2CCCC2C1. The molecular formula is C8H15N3. The zero-order chi connectivity index (χ0) is 7.84. The fourth-order valence-corrected chi connectivity index (χ4v) is 2.43. The number of hydrogen-bond donors (Lipinski definition) is 2. The minimum atomic E-state index is 0.263. The van der Waals surface area contributed by atoms with Crippen molar-refractivity contribution >= 4 is 5.96 Å². The van der Waals surface area contributed by atoms with Crippen LogP contribution in [0.5, 0.6) is 0 Å². The van der Waals surface area contributed by atoms with Crippen molar-refractivity contribution in [2.45, 2.75) is 19.3 Å². The molecule has 0 amide bonds. The molecule has 2 aliphatic rings. The lowest BCUT2D eigenvalue weighted by Gasteiger charge is -2.15. The zero-order valence-electron chi connectivity index (χ0n) is 6.71. The first kappa shape index (κ1) is 6.95. The number of rotatable bonds is 0. The second-order valence-corrected chi connectivity index (χ2v) is 3.74. The quantitative estimate of drug-likeness (QED) is 0.396. The van der Waals surface area contributed by atoms with Crippen LogP contribution in [-0.2, 0) is 0 Å². The van der Waals surface area contributed by atoms with E-state index in [2.05, 4.69) is 0 Å². The highest BCUT2D eigenvalue weighted by Crippen LogP contribution is 2.37. The first-order valence-corrected chi connectivity index (χ1v) is 4.36. The Labute approximate surface area is 67.1 Å². The van der Waals surface area contributed by atoms with Gasteiger partial charge in [-0.2, -0.15) is 0 Å². The first-order valence-electron chi connectivity index (χ1n) is 4.36. The van der Waals surface area contributed by atoms with Crippen molar-refractivity contribution in [1.82, 2.24) is 4.90 Å². The van der Waals surface area contributed by atoms with Gasteiger partial charge in [0.1, 0.15) is 0 Å². The van der Waals surface area contributed by atoms with Crippen LogP contribution in [0.25, 0.3) is 0 Å². The van der Waals surface area contributed by atoms with E-state index >= 15 is 0 Å². The Morgan fingerprint density at radius 1 is 1.27 bits per heavy atom. The molecule has 2 unspecified atom stereocenters. The largest absolute Gasteiger partial charge is 0.370 e. The molecule has 11 heavy (non-hydrogen) atoms. The average Bonchev–Trinajstić information content (AvgIpc) is 2.40. The molecule has 1 aliphatic heterocycles. The van der Waals surface area contributed by atoms with Gasteiger partial charge in [-0.3, -0.25) is 5.41 Å². The summed E-state index contributed by atoms with van der Waals surface area (Å²) in [4.78, 5) is 2.01. The number of nitrogens with zero attached hydrogens (tertiary/aromatic N) is 1. The molecule has 2 fully saturated rings.